The monoisotopic (exact) mass is 440 g/mol. The molecule has 28 heavy (non-hydrogen) atoms. The molecule has 0 unspecified atom stereocenters. The number of ether oxygens (including phenoxy) is 1. The number of hydrogen-bond acceptors (Lipinski definition) is 7. The largest absolute Gasteiger partial charge is 0.497 e. The minimum atomic E-state index is -3.10. The summed E-state index contributed by atoms with van der Waals surface area (Å²) in [6.45, 7) is -0.201. The molecule has 0 aromatic heterocycles. The van der Waals surface area contributed by atoms with Crippen LogP contribution in [-0.2, 0) is 19.4 Å². The van der Waals surface area contributed by atoms with Crippen LogP contribution in [0.2, 0.25) is 0 Å². The number of benzene rings is 1. The van der Waals surface area contributed by atoms with Crippen molar-refractivity contribution >= 4 is 56.0 Å². The van der Waals surface area contributed by atoms with E-state index < -0.39 is 9.84 Å². The second-order valence-electron chi connectivity index (χ2n) is 6.61. The van der Waals surface area contributed by atoms with Crippen LogP contribution in [0.4, 0.5) is 0 Å². The van der Waals surface area contributed by atoms with Gasteiger partial charge in [-0.3, -0.25) is 14.5 Å². The van der Waals surface area contributed by atoms with Crippen LogP contribution in [0, 0.1) is 0 Å². The Balaban J connectivity index is 1.69. The van der Waals surface area contributed by atoms with E-state index in [1.165, 1.54) is 9.80 Å². The van der Waals surface area contributed by atoms with Crippen LogP contribution < -0.4 is 4.74 Å². The van der Waals surface area contributed by atoms with Crippen molar-refractivity contribution in [3.63, 3.8) is 0 Å². The number of hydrogen-bond donors (Lipinski definition) is 0. The topological polar surface area (TPSA) is 84.0 Å². The summed E-state index contributed by atoms with van der Waals surface area (Å²) < 4.78 is 28.8. The van der Waals surface area contributed by atoms with Gasteiger partial charge in [-0.1, -0.05) is 36.1 Å². The van der Waals surface area contributed by atoms with E-state index in [2.05, 4.69) is 0 Å². The number of thioether (sulfide) groups is 1. The first-order valence-electron chi connectivity index (χ1n) is 8.55. The van der Waals surface area contributed by atoms with Gasteiger partial charge in [0, 0.05) is 13.1 Å². The van der Waals surface area contributed by atoms with Gasteiger partial charge in [0.2, 0.25) is 5.91 Å². The van der Waals surface area contributed by atoms with Crippen molar-refractivity contribution in [1.82, 2.24) is 9.80 Å². The van der Waals surface area contributed by atoms with E-state index in [0.29, 0.717) is 21.4 Å². The van der Waals surface area contributed by atoms with Gasteiger partial charge in [0.15, 0.2) is 9.84 Å². The highest BCUT2D eigenvalue weighted by Crippen LogP contribution is 2.33. The predicted octanol–water partition coefficient (Wildman–Crippen LogP) is 1.54. The van der Waals surface area contributed by atoms with Crippen LogP contribution in [0.3, 0.4) is 0 Å². The fraction of sp³-hybridized carbons (Fsp3) is 0.389. The van der Waals surface area contributed by atoms with Crippen molar-refractivity contribution < 1.29 is 22.7 Å². The lowest BCUT2D eigenvalue weighted by Crippen LogP contribution is -2.45. The van der Waals surface area contributed by atoms with Gasteiger partial charge in [-0.05, 0) is 30.2 Å². The molecule has 2 amide bonds. The summed E-state index contributed by atoms with van der Waals surface area (Å²) in [6, 6.07) is 6.91. The van der Waals surface area contributed by atoms with Crippen LogP contribution >= 0.6 is 24.0 Å². The molecule has 2 aliphatic heterocycles. The summed E-state index contributed by atoms with van der Waals surface area (Å²) in [5, 5.41) is 0. The quantitative estimate of drug-likeness (QED) is 0.507. The lowest BCUT2D eigenvalue weighted by molar-refractivity contribution is -0.135. The molecule has 2 saturated heterocycles. The van der Waals surface area contributed by atoms with Crippen molar-refractivity contribution in [2.45, 2.75) is 12.5 Å². The molecule has 0 aliphatic carbocycles. The Morgan fingerprint density at radius 1 is 1.46 bits per heavy atom. The van der Waals surface area contributed by atoms with Gasteiger partial charge in [0.1, 0.15) is 16.6 Å². The maximum atomic E-state index is 12.7. The molecule has 0 radical (unpaired) electrons. The van der Waals surface area contributed by atoms with Crippen LogP contribution in [0.1, 0.15) is 12.0 Å². The molecule has 2 aliphatic rings. The summed E-state index contributed by atoms with van der Waals surface area (Å²) in [5.41, 5.74) is 0.791. The molecule has 0 N–H and O–H groups in total. The third-order valence-corrected chi connectivity index (χ3v) is 7.84. The van der Waals surface area contributed by atoms with E-state index in [9.17, 15) is 18.0 Å². The average molecular weight is 441 g/mol. The van der Waals surface area contributed by atoms with Gasteiger partial charge in [-0.2, -0.15) is 0 Å². The minimum absolute atomic E-state index is 0.0383. The number of carbonyl (C=O) groups excluding carboxylic acids is 2. The number of nitrogens with zero attached hydrogens (tertiary/aromatic N) is 2. The summed E-state index contributed by atoms with van der Waals surface area (Å²) in [7, 11) is 0.0372. The van der Waals surface area contributed by atoms with Crippen LogP contribution in [-0.4, -0.2) is 72.6 Å². The fourth-order valence-corrected chi connectivity index (χ4v) is 6.08. The first-order valence-corrected chi connectivity index (χ1v) is 11.6. The van der Waals surface area contributed by atoms with Crippen molar-refractivity contribution in [3.8, 4) is 5.75 Å². The molecule has 3 rings (SSSR count). The van der Waals surface area contributed by atoms with E-state index in [1.54, 1.807) is 32.4 Å². The molecule has 1 atom stereocenters. The molecule has 10 heteroatoms. The standard InChI is InChI=1S/C18H20N2O5S3/c1-19(13-6-7-28(23,24)11-13)16(21)10-20-17(22)15(27-18(20)26)9-12-4-3-5-14(8-12)25-2/h3-5,8-9,13H,6-7,10-11H2,1-2H3/b15-9-/t13-/m1/s1. The Hall–Kier alpha value is -1.91. The fourth-order valence-electron chi connectivity index (χ4n) is 3.05. The van der Waals surface area contributed by atoms with Crippen LogP contribution in [0.25, 0.3) is 6.08 Å². The maximum absolute atomic E-state index is 12.7. The number of carbonyl (C=O) groups is 2. The van der Waals surface area contributed by atoms with Gasteiger partial charge in [0.05, 0.1) is 23.5 Å². The molecule has 0 saturated carbocycles. The Morgan fingerprint density at radius 3 is 2.86 bits per heavy atom. The number of sulfone groups is 1. The molecule has 0 bridgehead atoms. The van der Waals surface area contributed by atoms with E-state index >= 15 is 0 Å². The Morgan fingerprint density at radius 2 is 2.21 bits per heavy atom. The Bertz CT molecular complexity index is 958. The number of rotatable bonds is 5. The zero-order valence-electron chi connectivity index (χ0n) is 15.5. The average Bonchev–Trinajstić information content (AvgIpc) is 3.15. The van der Waals surface area contributed by atoms with E-state index in [1.807, 2.05) is 12.1 Å². The highest BCUT2D eigenvalue weighted by Gasteiger charge is 2.37. The van der Waals surface area contributed by atoms with E-state index in [0.717, 1.165) is 17.3 Å². The highest BCUT2D eigenvalue weighted by molar-refractivity contribution is 8.26. The van der Waals surface area contributed by atoms with Gasteiger partial charge in [-0.25, -0.2) is 8.42 Å². The number of amides is 2. The van der Waals surface area contributed by atoms with E-state index in [-0.39, 0.29) is 35.9 Å². The predicted molar refractivity (Wildman–Crippen MR) is 113 cm³/mol. The molecule has 150 valence electrons. The second kappa shape index (κ2) is 8.22. The van der Waals surface area contributed by atoms with Crippen molar-refractivity contribution in [1.29, 1.82) is 0 Å². The smallest absolute Gasteiger partial charge is 0.266 e. The zero-order valence-corrected chi connectivity index (χ0v) is 17.9. The summed E-state index contributed by atoms with van der Waals surface area (Å²) >= 11 is 6.41. The molecule has 7 nitrogen and oxygen atoms in total. The number of likely N-dealkylation sites (N-methyl/N-ethyl adjacent to an activating group) is 1. The molecule has 0 spiro atoms. The van der Waals surface area contributed by atoms with Crippen molar-refractivity contribution in [2.24, 2.45) is 0 Å². The zero-order chi connectivity index (χ0) is 20.5. The lowest BCUT2D eigenvalue weighted by atomic mass is 10.2. The molecule has 2 fully saturated rings. The van der Waals surface area contributed by atoms with E-state index in [4.69, 9.17) is 17.0 Å². The number of thiocarbonyl (C=S) groups is 1. The van der Waals surface area contributed by atoms with Gasteiger partial charge in [0.25, 0.3) is 5.91 Å². The van der Waals surface area contributed by atoms with Gasteiger partial charge >= 0.3 is 0 Å². The van der Waals surface area contributed by atoms with Gasteiger partial charge < -0.3 is 9.64 Å². The molecule has 1 aromatic rings. The third-order valence-electron chi connectivity index (χ3n) is 4.71. The first kappa shape index (κ1) is 20.8. The lowest BCUT2D eigenvalue weighted by Gasteiger charge is -2.25. The van der Waals surface area contributed by atoms with Crippen LogP contribution in [0.5, 0.6) is 5.75 Å². The highest BCUT2D eigenvalue weighted by atomic mass is 32.2. The summed E-state index contributed by atoms with van der Waals surface area (Å²) in [4.78, 5) is 28.4. The summed E-state index contributed by atoms with van der Waals surface area (Å²) in [6.07, 6.45) is 2.12. The Kier molecular flexibility index (Phi) is 6.11. The maximum Gasteiger partial charge on any atom is 0.266 e. The molecular weight excluding hydrogens is 420 g/mol. The Labute approximate surface area is 173 Å². The van der Waals surface area contributed by atoms with Gasteiger partial charge in [-0.15, -0.1) is 0 Å². The third kappa shape index (κ3) is 4.56. The van der Waals surface area contributed by atoms with Crippen molar-refractivity contribution in [3.05, 3.63) is 34.7 Å². The first-order chi connectivity index (χ1) is 13.2. The second-order valence-corrected chi connectivity index (χ2v) is 10.5. The van der Waals surface area contributed by atoms with Crippen molar-refractivity contribution in [2.75, 3.05) is 32.2 Å². The molecule has 1 aromatic carbocycles. The minimum Gasteiger partial charge on any atom is -0.497 e. The summed E-state index contributed by atoms with van der Waals surface area (Å²) in [5.74, 6) is 0.0513. The van der Waals surface area contributed by atoms with Crippen LogP contribution in [0.15, 0.2) is 29.2 Å². The molecule has 2 heterocycles. The molecular formula is C18H20N2O5S3. The SMILES string of the molecule is COc1cccc(/C=C2\SC(=S)N(CC(=O)N(C)[C@@H]3CCS(=O)(=O)C3)C2=O)c1. The number of methoxy groups -OCH3 is 1. The normalized spacial score (nSPS) is 22.7.